The van der Waals surface area contributed by atoms with E-state index >= 15 is 0 Å². The standard InChI is InChI=1S/C15H18ClN3OS.ClH/c1-9-3-4-11(7-13(9)16)6-12-8-18-15(21-12)19-14(20)5-10(2)17;/h3-4,7-8,10H,5-6,17H2,1-2H3,(H,18,19,20);1H. The van der Waals surface area contributed by atoms with Gasteiger partial charge in [-0.15, -0.1) is 23.7 Å². The summed E-state index contributed by atoms with van der Waals surface area (Å²) in [5.41, 5.74) is 7.78. The van der Waals surface area contributed by atoms with E-state index in [9.17, 15) is 4.79 Å². The number of hydrogen-bond acceptors (Lipinski definition) is 4. The Morgan fingerprint density at radius 2 is 2.23 bits per heavy atom. The molecule has 0 fully saturated rings. The van der Waals surface area contributed by atoms with E-state index < -0.39 is 0 Å². The van der Waals surface area contributed by atoms with Crippen molar-refractivity contribution in [3.05, 3.63) is 45.4 Å². The zero-order valence-corrected chi connectivity index (χ0v) is 14.8. The normalized spacial score (nSPS) is 11.6. The zero-order valence-electron chi connectivity index (χ0n) is 12.4. The van der Waals surface area contributed by atoms with E-state index in [-0.39, 0.29) is 24.4 Å². The number of nitrogens with two attached hydrogens (primary N) is 1. The van der Waals surface area contributed by atoms with E-state index in [4.69, 9.17) is 17.3 Å². The molecule has 0 bridgehead atoms. The third-order valence-electron chi connectivity index (χ3n) is 2.92. The number of amides is 1. The molecule has 1 unspecified atom stereocenters. The monoisotopic (exact) mass is 359 g/mol. The minimum atomic E-state index is -0.154. The minimum absolute atomic E-state index is 0. The second kappa shape index (κ2) is 8.48. The van der Waals surface area contributed by atoms with E-state index in [1.807, 2.05) is 19.1 Å². The minimum Gasteiger partial charge on any atom is -0.327 e. The quantitative estimate of drug-likeness (QED) is 0.852. The van der Waals surface area contributed by atoms with Gasteiger partial charge >= 0.3 is 0 Å². The van der Waals surface area contributed by atoms with E-state index in [2.05, 4.69) is 16.4 Å². The number of aryl methyl sites for hydroxylation is 1. The van der Waals surface area contributed by atoms with Crippen molar-refractivity contribution < 1.29 is 4.79 Å². The molecule has 1 heterocycles. The van der Waals surface area contributed by atoms with Crippen molar-refractivity contribution in [2.45, 2.75) is 32.7 Å². The van der Waals surface area contributed by atoms with E-state index in [0.717, 1.165) is 27.4 Å². The number of nitrogens with zero attached hydrogens (tertiary/aromatic N) is 1. The Labute approximate surface area is 145 Å². The Morgan fingerprint density at radius 1 is 1.50 bits per heavy atom. The molecule has 3 N–H and O–H groups in total. The largest absolute Gasteiger partial charge is 0.327 e. The summed E-state index contributed by atoms with van der Waals surface area (Å²) in [5.74, 6) is -0.107. The van der Waals surface area contributed by atoms with E-state index in [1.54, 1.807) is 13.1 Å². The smallest absolute Gasteiger partial charge is 0.227 e. The molecule has 4 nitrogen and oxygen atoms in total. The van der Waals surface area contributed by atoms with Crippen LogP contribution in [0.1, 0.15) is 29.3 Å². The lowest BCUT2D eigenvalue weighted by atomic mass is 10.1. The number of rotatable bonds is 5. The maximum atomic E-state index is 11.6. The molecular formula is C15H19Cl2N3OS. The number of anilines is 1. The van der Waals surface area contributed by atoms with Gasteiger partial charge in [-0.1, -0.05) is 23.7 Å². The molecule has 120 valence electrons. The third-order valence-corrected chi connectivity index (χ3v) is 4.24. The van der Waals surface area contributed by atoms with Crippen molar-refractivity contribution in [2.75, 3.05) is 5.32 Å². The molecule has 0 aliphatic heterocycles. The molecule has 1 aromatic carbocycles. The average molecular weight is 360 g/mol. The summed E-state index contributed by atoms with van der Waals surface area (Å²) in [6.07, 6.45) is 2.82. The van der Waals surface area contributed by atoms with Gasteiger partial charge in [0.05, 0.1) is 0 Å². The summed E-state index contributed by atoms with van der Waals surface area (Å²) in [6.45, 7) is 3.78. The van der Waals surface area contributed by atoms with Crippen molar-refractivity contribution >= 4 is 46.4 Å². The van der Waals surface area contributed by atoms with Crippen LogP contribution in [0.4, 0.5) is 5.13 Å². The molecule has 2 aromatic rings. The predicted molar refractivity (Wildman–Crippen MR) is 95.3 cm³/mol. The highest BCUT2D eigenvalue weighted by Gasteiger charge is 2.09. The summed E-state index contributed by atoms with van der Waals surface area (Å²) in [5, 5.41) is 4.13. The number of benzene rings is 1. The molecule has 0 aliphatic rings. The topological polar surface area (TPSA) is 68.0 Å². The van der Waals surface area contributed by atoms with Crippen LogP contribution >= 0.6 is 35.3 Å². The highest BCUT2D eigenvalue weighted by atomic mass is 35.5. The lowest BCUT2D eigenvalue weighted by molar-refractivity contribution is -0.116. The van der Waals surface area contributed by atoms with Gasteiger partial charge in [0, 0.05) is 35.0 Å². The van der Waals surface area contributed by atoms with Gasteiger partial charge in [-0.05, 0) is 31.0 Å². The highest BCUT2D eigenvalue weighted by Crippen LogP contribution is 2.24. The van der Waals surface area contributed by atoms with Crippen LogP contribution in [0.25, 0.3) is 0 Å². The number of aromatic nitrogens is 1. The number of thiazole rings is 1. The SMILES string of the molecule is Cc1ccc(Cc2cnc(NC(=O)CC(C)N)s2)cc1Cl.Cl. The molecule has 0 saturated heterocycles. The van der Waals surface area contributed by atoms with Crippen LogP contribution in [-0.2, 0) is 11.2 Å². The first kappa shape index (κ1) is 18.9. The van der Waals surface area contributed by atoms with Crippen molar-refractivity contribution in [1.82, 2.24) is 4.98 Å². The molecule has 0 spiro atoms. The van der Waals surface area contributed by atoms with Crippen LogP contribution in [0.2, 0.25) is 5.02 Å². The maximum Gasteiger partial charge on any atom is 0.227 e. The molecule has 2 rings (SSSR count). The molecule has 0 radical (unpaired) electrons. The fraction of sp³-hybridized carbons (Fsp3) is 0.333. The van der Waals surface area contributed by atoms with Crippen LogP contribution in [0, 0.1) is 6.92 Å². The number of hydrogen-bond donors (Lipinski definition) is 2. The molecule has 1 atom stereocenters. The first-order valence-corrected chi connectivity index (χ1v) is 7.88. The van der Waals surface area contributed by atoms with Gasteiger partial charge < -0.3 is 11.1 Å². The number of halogens is 2. The molecule has 0 aliphatic carbocycles. The number of carbonyl (C=O) groups excluding carboxylic acids is 1. The summed E-state index contributed by atoms with van der Waals surface area (Å²) in [6, 6.07) is 5.86. The fourth-order valence-corrected chi connectivity index (χ4v) is 2.92. The first-order chi connectivity index (χ1) is 9.94. The fourth-order valence-electron chi connectivity index (χ4n) is 1.86. The second-order valence-corrected chi connectivity index (χ2v) is 6.64. The summed E-state index contributed by atoms with van der Waals surface area (Å²) >= 11 is 7.59. The third kappa shape index (κ3) is 5.57. The van der Waals surface area contributed by atoms with Crippen molar-refractivity contribution in [3.8, 4) is 0 Å². The molecular weight excluding hydrogens is 341 g/mol. The van der Waals surface area contributed by atoms with Gasteiger partial charge in [-0.2, -0.15) is 0 Å². The van der Waals surface area contributed by atoms with Gasteiger partial charge in [0.25, 0.3) is 0 Å². The number of nitrogens with one attached hydrogen (secondary N) is 1. The lowest BCUT2D eigenvalue weighted by Crippen LogP contribution is -2.23. The van der Waals surface area contributed by atoms with Crippen LogP contribution in [0.3, 0.4) is 0 Å². The summed E-state index contributed by atoms with van der Waals surface area (Å²) in [7, 11) is 0. The Bertz CT molecular complexity index is 643. The van der Waals surface area contributed by atoms with Crippen LogP contribution < -0.4 is 11.1 Å². The van der Waals surface area contributed by atoms with Gasteiger partial charge in [0.2, 0.25) is 5.91 Å². The van der Waals surface area contributed by atoms with Crippen molar-refractivity contribution in [2.24, 2.45) is 5.73 Å². The van der Waals surface area contributed by atoms with Gasteiger partial charge in [0.15, 0.2) is 5.13 Å². The highest BCUT2D eigenvalue weighted by molar-refractivity contribution is 7.15. The van der Waals surface area contributed by atoms with E-state index in [1.165, 1.54) is 11.3 Å². The van der Waals surface area contributed by atoms with Gasteiger partial charge in [0.1, 0.15) is 0 Å². The molecule has 1 amide bonds. The summed E-state index contributed by atoms with van der Waals surface area (Å²) < 4.78 is 0. The van der Waals surface area contributed by atoms with Crippen LogP contribution in [0.5, 0.6) is 0 Å². The maximum absolute atomic E-state index is 11.6. The Kier molecular flexibility index (Phi) is 7.29. The van der Waals surface area contributed by atoms with Crippen molar-refractivity contribution in [3.63, 3.8) is 0 Å². The van der Waals surface area contributed by atoms with Gasteiger partial charge in [-0.3, -0.25) is 4.79 Å². The first-order valence-electron chi connectivity index (χ1n) is 6.69. The van der Waals surface area contributed by atoms with Gasteiger partial charge in [-0.25, -0.2) is 4.98 Å². The molecule has 22 heavy (non-hydrogen) atoms. The number of carbonyl (C=O) groups is 1. The average Bonchev–Trinajstić information content (AvgIpc) is 2.80. The second-order valence-electron chi connectivity index (χ2n) is 5.12. The Balaban J connectivity index is 0.00000242. The lowest BCUT2D eigenvalue weighted by Gasteiger charge is -2.04. The summed E-state index contributed by atoms with van der Waals surface area (Å²) in [4.78, 5) is 16.9. The van der Waals surface area contributed by atoms with Crippen molar-refractivity contribution in [1.29, 1.82) is 0 Å². The zero-order chi connectivity index (χ0) is 15.4. The Morgan fingerprint density at radius 3 is 2.86 bits per heavy atom. The van der Waals surface area contributed by atoms with Crippen LogP contribution in [0.15, 0.2) is 24.4 Å². The molecule has 1 aromatic heterocycles. The molecule has 0 saturated carbocycles. The Hall–Kier alpha value is -1.14. The predicted octanol–water partition coefficient (Wildman–Crippen LogP) is 3.79. The van der Waals surface area contributed by atoms with Crippen LogP contribution in [-0.4, -0.2) is 16.9 Å². The van der Waals surface area contributed by atoms with E-state index in [0.29, 0.717) is 11.6 Å². The molecule has 7 heteroatoms.